The molecule has 5 nitrogen and oxygen atoms in total. The lowest BCUT2D eigenvalue weighted by Crippen LogP contribution is -2.01. The van der Waals surface area contributed by atoms with E-state index in [1.807, 2.05) is 19.1 Å². The predicted molar refractivity (Wildman–Crippen MR) is 71.1 cm³/mol. The Hall–Kier alpha value is -1.88. The van der Waals surface area contributed by atoms with Gasteiger partial charge in [-0.25, -0.2) is 4.98 Å². The number of rotatable bonds is 3. The standard InChI is InChI=1S/C12H13ClN4O/c1-7-4-10(18-3)9(13)5-8(7)11-12(14-2)15-6-16-17-11/h4-6H,1-3H3,(H,14,15,16). The molecule has 0 unspecified atom stereocenters. The van der Waals surface area contributed by atoms with Gasteiger partial charge in [-0.3, -0.25) is 0 Å². The zero-order chi connectivity index (χ0) is 13.1. The lowest BCUT2D eigenvalue weighted by molar-refractivity contribution is 0.415. The highest BCUT2D eigenvalue weighted by Crippen LogP contribution is 2.34. The van der Waals surface area contributed by atoms with Crippen LogP contribution in [-0.4, -0.2) is 29.3 Å². The molecule has 94 valence electrons. The topological polar surface area (TPSA) is 59.9 Å². The Morgan fingerprint density at radius 3 is 2.78 bits per heavy atom. The van der Waals surface area contributed by atoms with Crippen LogP contribution < -0.4 is 10.1 Å². The molecule has 0 bridgehead atoms. The Morgan fingerprint density at radius 2 is 2.11 bits per heavy atom. The number of methoxy groups -OCH3 is 1. The molecule has 1 aromatic heterocycles. The van der Waals surface area contributed by atoms with E-state index in [-0.39, 0.29) is 0 Å². The van der Waals surface area contributed by atoms with Gasteiger partial charge in [0.05, 0.1) is 12.1 Å². The van der Waals surface area contributed by atoms with Crippen molar-refractivity contribution in [1.82, 2.24) is 15.2 Å². The molecule has 2 rings (SSSR count). The highest BCUT2D eigenvalue weighted by atomic mass is 35.5. The average Bonchev–Trinajstić information content (AvgIpc) is 2.41. The molecule has 0 aliphatic rings. The number of aromatic nitrogens is 3. The maximum atomic E-state index is 6.13. The molecular weight excluding hydrogens is 252 g/mol. The second kappa shape index (κ2) is 5.18. The van der Waals surface area contributed by atoms with Gasteiger partial charge in [-0.15, -0.1) is 10.2 Å². The zero-order valence-corrected chi connectivity index (χ0v) is 11.1. The maximum Gasteiger partial charge on any atom is 0.156 e. The number of anilines is 1. The van der Waals surface area contributed by atoms with Crippen LogP contribution in [0.5, 0.6) is 5.75 Å². The highest BCUT2D eigenvalue weighted by Gasteiger charge is 2.13. The number of aryl methyl sites for hydroxylation is 1. The Kier molecular flexibility index (Phi) is 3.62. The minimum absolute atomic E-state index is 0.533. The van der Waals surface area contributed by atoms with E-state index in [1.165, 1.54) is 6.33 Å². The molecule has 0 fully saturated rings. The summed E-state index contributed by atoms with van der Waals surface area (Å²) in [5.41, 5.74) is 2.54. The summed E-state index contributed by atoms with van der Waals surface area (Å²) < 4.78 is 5.17. The largest absolute Gasteiger partial charge is 0.495 e. The van der Waals surface area contributed by atoms with E-state index in [9.17, 15) is 0 Å². The number of nitrogens with one attached hydrogen (secondary N) is 1. The third-order valence-corrected chi connectivity index (χ3v) is 2.91. The van der Waals surface area contributed by atoms with Crippen LogP contribution in [0.1, 0.15) is 5.56 Å². The Labute approximate surface area is 110 Å². The monoisotopic (exact) mass is 264 g/mol. The summed E-state index contributed by atoms with van der Waals surface area (Å²) in [5.74, 6) is 1.30. The van der Waals surface area contributed by atoms with Crippen LogP contribution in [0.25, 0.3) is 11.3 Å². The molecule has 1 heterocycles. The average molecular weight is 265 g/mol. The van der Waals surface area contributed by atoms with Gasteiger partial charge in [0, 0.05) is 12.6 Å². The molecule has 0 spiro atoms. The van der Waals surface area contributed by atoms with Gasteiger partial charge in [0.2, 0.25) is 0 Å². The Balaban J connectivity index is 2.61. The van der Waals surface area contributed by atoms with Crippen molar-refractivity contribution in [3.63, 3.8) is 0 Å². The summed E-state index contributed by atoms with van der Waals surface area (Å²) in [5, 5.41) is 11.4. The number of hydrogen-bond acceptors (Lipinski definition) is 5. The van der Waals surface area contributed by atoms with Gasteiger partial charge >= 0.3 is 0 Å². The van der Waals surface area contributed by atoms with Crippen molar-refractivity contribution in [2.24, 2.45) is 0 Å². The number of hydrogen-bond donors (Lipinski definition) is 1. The summed E-state index contributed by atoms with van der Waals surface area (Å²) >= 11 is 6.13. The first-order valence-electron chi connectivity index (χ1n) is 5.37. The summed E-state index contributed by atoms with van der Waals surface area (Å²) in [6.45, 7) is 1.96. The first-order chi connectivity index (χ1) is 8.67. The second-order valence-electron chi connectivity index (χ2n) is 3.71. The third kappa shape index (κ3) is 2.22. The first-order valence-corrected chi connectivity index (χ1v) is 5.75. The molecule has 0 amide bonds. The van der Waals surface area contributed by atoms with E-state index < -0.39 is 0 Å². The fourth-order valence-corrected chi connectivity index (χ4v) is 1.95. The van der Waals surface area contributed by atoms with Gasteiger partial charge in [0.25, 0.3) is 0 Å². The van der Waals surface area contributed by atoms with Crippen molar-refractivity contribution < 1.29 is 4.74 Å². The van der Waals surface area contributed by atoms with E-state index in [0.29, 0.717) is 22.3 Å². The minimum atomic E-state index is 0.533. The highest BCUT2D eigenvalue weighted by molar-refractivity contribution is 6.32. The predicted octanol–water partition coefficient (Wildman–Crippen LogP) is 2.55. The van der Waals surface area contributed by atoms with E-state index >= 15 is 0 Å². The molecule has 0 aliphatic carbocycles. The number of ether oxygens (including phenoxy) is 1. The van der Waals surface area contributed by atoms with Crippen molar-refractivity contribution in [2.45, 2.75) is 6.92 Å². The quantitative estimate of drug-likeness (QED) is 0.923. The molecule has 0 saturated heterocycles. The lowest BCUT2D eigenvalue weighted by Gasteiger charge is -2.11. The zero-order valence-electron chi connectivity index (χ0n) is 10.4. The molecule has 18 heavy (non-hydrogen) atoms. The van der Waals surface area contributed by atoms with Gasteiger partial charge in [0.15, 0.2) is 5.82 Å². The SMILES string of the molecule is CNc1ncnnc1-c1cc(Cl)c(OC)cc1C. The first kappa shape index (κ1) is 12.6. The molecule has 0 atom stereocenters. The molecular formula is C12H13ClN4O. The van der Waals surface area contributed by atoms with Gasteiger partial charge in [-0.05, 0) is 24.6 Å². The normalized spacial score (nSPS) is 10.2. The minimum Gasteiger partial charge on any atom is -0.495 e. The second-order valence-corrected chi connectivity index (χ2v) is 4.12. The van der Waals surface area contributed by atoms with Crippen LogP contribution in [0.3, 0.4) is 0 Å². The van der Waals surface area contributed by atoms with E-state index in [1.54, 1.807) is 14.2 Å². The molecule has 1 aromatic carbocycles. The molecule has 0 saturated carbocycles. The van der Waals surface area contributed by atoms with E-state index in [0.717, 1.165) is 11.1 Å². The molecule has 2 aromatic rings. The Bertz CT molecular complexity index is 574. The number of halogens is 1. The molecule has 1 N–H and O–H groups in total. The van der Waals surface area contributed by atoms with Crippen molar-refractivity contribution in [2.75, 3.05) is 19.5 Å². The Morgan fingerprint density at radius 1 is 1.33 bits per heavy atom. The van der Waals surface area contributed by atoms with Crippen LogP contribution in [0.15, 0.2) is 18.5 Å². The summed E-state index contributed by atoms with van der Waals surface area (Å²) in [6, 6.07) is 3.67. The van der Waals surface area contributed by atoms with Gasteiger partial charge in [-0.1, -0.05) is 11.6 Å². The smallest absolute Gasteiger partial charge is 0.156 e. The van der Waals surface area contributed by atoms with Crippen molar-refractivity contribution in [3.05, 3.63) is 29.0 Å². The third-order valence-electron chi connectivity index (χ3n) is 2.61. The fraction of sp³-hybridized carbons (Fsp3) is 0.250. The van der Waals surface area contributed by atoms with E-state index in [2.05, 4.69) is 20.5 Å². The summed E-state index contributed by atoms with van der Waals surface area (Å²) in [4.78, 5) is 4.13. The van der Waals surface area contributed by atoms with Crippen LogP contribution in [0, 0.1) is 6.92 Å². The molecule has 0 radical (unpaired) electrons. The lowest BCUT2D eigenvalue weighted by atomic mass is 10.1. The van der Waals surface area contributed by atoms with Gasteiger partial charge < -0.3 is 10.1 Å². The number of benzene rings is 1. The summed E-state index contributed by atoms with van der Waals surface area (Å²) in [7, 11) is 3.37. The molecule has 6 heteroatoms. The van der Waals surface area contributed by atoms with Gasteiger partial charge in [0.1, 0.15) is 17.8 Å². The van der Waals surface area contributed by atoms with Crippen LogP contribution in [-0.2, 0) is 0 Å². The van der Waals surface area contributed by atoms with E-state index in [4.69, 9.17) is 16.3 Å². The maximum absolute atomic E-state index is 6.13. The van der Waals surface area contributed by atoms with Crippen LogP contribution in [0.2, 0.25) is 5.02 Å². The van der Waals surface area contributed by atoms with Crippen molar-refractivity contribution in [3.8, 4) is 17.0 Å². The number of nitrogens with zero attached hydrogens (tertiary/aromatic N) is 3. The van der Waals surface area contributed by atoms with Crippen LogP contribution in [0.4, 0.5) is 5.82 Å². The molecule has 0 aliphatic heterocycles. The van der Waals surface area contributed by atoms with Crippen molar-refractivity contribution in [1.29, 1.82) is 0 Å². The summed E-state index contributed by atoms with van der Waals surface area (Å²) in [6.07, 6.45) is 1.40. The van der Waals surface area contributed by atoms with Crippen LogP contribution >= 0.6 is 11.6 Å². The fourth-order valence-electron chi connectivity index (χ4n) is 1.71. The van der Waals surface area contributed by atoms with Crippen molar-refractivity contribution >= 4 is 17.4 Å². The van der Waals surface area contributed by atoms with Gasteiger partial charge in [-0.2, -0.15) is 0 Å².